The SMILES string of the molecule is CN=C(NCc1cccc(C(=O)NCC2CCCO2)c1)NCC1Cc2ccccc2O1. The van der Waals surface area contributed by atoms with E-state index in [-0.39, 0.29) is 18.1 Å². The molecule has 1 fully saturated rings. The Morgan fingerprint density at radius 3 is 2.74 bits per heavy atom. The number of ether oxygens (including phenoxy) is 2. The predicted molar refractivity (Wildman–Crippen MR) is 121 cm³/mol. The summed E-state index contributed by atoms with van der Waals surface area (Å²) < 4.78 is 11.5. The number of aliphatic imine (C=N–C) groups is 1. The third kappa shape index (κ3) is 5.76. The van der Waals surface area contributed by atoms with Gasteiger partial charge in [-0.05, 0) is 42.2 Å². The first-order valence-electron chi connectivity index (χ1n) is 10.9. The highest BCUT2D eigenvalue weighted by atomic mass is 16.5. The van der Waals surface area contributed by atoms with Gasteiger partial charge in [-0.25, -0.2) is 0 Å². The molecule has 7 heteroatoms. The monoisotopic (exact) mass is 422 g/mol. The average molecular weight is 423 g/mol. The van der Waals surface area contributed by atoms with Crippen molar-refractivity contribution in [1.82, 2.24) is 16.0 Å². The molecule has 0 aromatic heterocycles. The third-order valence-corrected chi connectivity index (χ3v) is 5.60. The summed E-state index contributed by atoms with van der Waals surface area (Å²) in [6, 6.07) is 15.8. The van der Waals surface area contributed by atoms with Crippen LogP contribution in [0, 0.1) is 0 Å². The number of carbonyl (C=O) groups excluding carboxylic acids is 1. The van der Waals surface area contributed by atoms with Crippen LogP contribution in [0.3, 0.4) is 0 Å². The molecule has 0 aliphatic carbocycles. The van der Waals surface area contributed by atoms with Crippen LogP contribution < -0.4 is 20.7 Å². The first-order valence-corrected chi connectivity index (χ1v) is 10.9. The lowest BCUT2D eigenvalue weighted by atomic mass is 10.1. The van der Waals surface area contributed by atoms with E-state index in [1.807, 2.05) is 42.5 Å². The molecule has 2 aromatic carbocycles. The Morgan fingerprint density at radius 1 is 1.06 bits per heavy atom. The van der Waals surface area contributed by atoms with E-state index < -0.39 is 0 Å². The maximum Gasteiger partial charge on any atom is 0.251 e. The van der Waals surface area contributed by atoms with Gasteiger partial charge >= 0.3 is 0 Å². The zero-order chi connectivity index (χ0) is 21.5. The largest absolute Gasteiger partial charge is 0.488 e. The van der Waals surface area contributed by atoms with E-state index in [4.69, 9.17) is 9.47 Å². The Kier molecular flexibility index (Phi) is 7.04. The van der Waals surface area contributed by atoms with E-state index in [1.54, 1.807) is 7.05 Å². The summed E-state index contributed by atoms with van der Waals surface area (Å²) in [5, 5.41) is 9.60. The van der Waals surface area contributed by atoms with Gasteiger partial charge in [0.25, 0.3) is 5.91 Å². The maximum atomic E-state index is 12.5. The molecule has 2 aromatic rings. The molecule has 7 nitrogen and oxygen atoms in total. The molecule has 2 aliphatic rings. The molecule has 2 aliphatic heterocycles. The molecule has 0 radical (unpaired) electrons. The van der Waals surface area contributed by atoms with Crippen molar-refractivity contribution in [3.8, 4) is 5.75 Å². The van der Waals surface area contributed by atoms with Gasteiger partial charge in [-0.1, -0.05) is 30.3 Å². The van der Waals surface area contributed by atoms with Crippen LogP contribution in [0.5, 0.6) is 5.75 Å². The minimum absolute atomic E-state index is 0.0715. The van der Waals surface area contributed by atoms with Crippen molar-refractivity contribution in [2.24, 2.45) is 4.99 Å². The van der Waals surface area contributed by atoms with Crippen LogP contribution >= 0.6 is 0 Å². The average Bonchev–Trinajstić information content (AvgIpc) is 3.47. The minimum Gasteiger partial charge on any atom is -0.488 e. The number of guanidine groups is 1. The van der Waals surface area contributed by atoms with E-state index in [2.05, 4.69) is 27.0 Å². The number of fused-ring (bicyclic) bond motifs is 1. The van der Waals surface area contributed by atoms with Crippen molar-refractivity contribution < 1.29 is 14.3 Å². The van der Waals surface area contributed by atoms with E-state index in [0.717, 1.165) is 37.2 Å². The van der Waals surface area contributed by atoms with Crippen LogP contribution in [0.4, 0.5) is 0 Å². The molecule has 2 atom stereocenters. The van der Waals surface area contributed by atoms with E-state index in [1.165, 1.54) is 5.56 Å². The number of para-hydroxylation sites is 1. The lowest BCUT2D eigenvalue weighted by Crippen LogP contribution is -2.42. The fourth-order valence-electron chi connectivity index (χ4n) is 3.92. The molecule has 0 spiro atoms. The van der Waals surface area contributed by atoms with Gasteiger partial charge in [-0.15, -0.1) is 0 Å². The van der Waals surface area contributed by atoms with Crippen LogP contribution in [0.25, 0.3) is 0 Å². The molecule has 164 valence electrons. The second kappa shape index (κ2) is 10.3. The molecule has 0 bridgehead atoms. The van der Waals surface area contributed by atoms with Crippen LogP contribution in [-0.2, 0) is 17.7 Å². The van der Waals surface area contributed by atoms with Gasteiger partial charge in [0.2, 0.25) is 0 Å². The summed E-state index contributed by atoms with van der Waals surface area (Å²) >= 11 is 0. The molecule has 31 heavy (non-hydrogen) atoms. The number of benzene rings is 2. The second-order valence-electron chi connectivity index (χ2n) is 7.90. The molecule has 3 N–H and O–H groups in total. The minimum atomic E-state index is -0.0715. The van der Waals surface area contributed by atoms with Crippen molar-refractivity contribution in [2.45, 2.75) is 38.0 Å². The number of rotatable bonds is 7. The van der Waals surface area contributed by atoms with E-state index in [9.17, 15) is 4.79 Å². The summed E-state index contributed by atoms with van der Waals surface area (Å²) in [5.41, 5.74) is 2.90. The van der Waals surface area contributed by atoms with Gasteiger partial charge in [-0.2, -0.15) is 0 Å². The summed E-state index contributed by atoms with van der Waals surface area (Å²) in [5.74, 6) is 1.59. The molecular weight excluding hydrogens is 392 g/mol. The first kappa shape index (κ1) is 21.2. The number of nitrogens with zero attached hydrogens (tertiary/aromatic N) is 1. The molecule has 1 amide bonds. The van der Waals surface area contributed by atoms with Gasteiger partial charge in [0, 0.05) is 38.7 Å². The smallest absolute Gasteiger partial charge is 0.251 e. The van der Waals surface area contributed by atoms with Crippen molar-refractivity contribution in [3.63, 3.8) is 0 Å². The Hall–Kier alpha value is -3.06. The number of nitrogens with one attached hydrogen (secondary N) is 3. The summed E-state index contributed by atoms with van der Waals surface area (Å²) in [6.07, 6.45) is 3.20. The highest BCUT2D eigenvalue weighted by molar-refractivity contribution is 5.94. The van der Waals surface area contributed by atoms with E-state index >= 15 is 0 Å². The van der Waals surface area contributed by atoms with Gasteiger partial charge in [-0.3, -0.25) is 9.79 Å². The Balaban J connectivity index is 1.23. The lowest BCUT2D eigenvalue weighted by Gasteiger charge is -2.16. The second-order valence-corrected chi connectivity index (χ2v) is 7.90. The Labute approximate surface area is 183 Å². The molecule has 4 rings (SSSR count). The van der Waals surface area contributed by atoms with Crippen LogP contribution in [0.15, 0.2) is 53.5 Å². The van der Waals surface area contributed by atoms with Gasteiger partial charge < -0.3 is 25.4 Å². The van der Waals surface area contributed by atoms with Crippen molar-refractivity contribution in [3.05, 3.63) is 65.2 Å². The fourth-order valence-corrected chi connectivity index (χ4v) is 3.92. The van der Waals surface area contributed by atoms with Gasteiger partial charge in [0.05, 0.1) is 12.6 Å². The molecule has 2 unspecified atom stereocenters. The number of hydrogen-bond acceptors (Lipinski definition) is 4. The van der Waals surface area contributed by atoms with Crippen molar-refractivity contribution >= 4 is 11.9 Å². The Morgan fingerprint density at radius 2 is 1.94 bits per heavy atom. The third-order valence-electron chi connectivity index (χ3n) is 5.60. The first-order chi connectivity index (χ1) is 15.2. The fraction of sp³-hybridized carbons (Fsp3) is 0.417. The van der Waals surface area contributed by atoms with Crippen molar-refractivity contribution in [1.29, 1.82) is 0 Å². The molecule has 2 heterocycles. The number of amides is 1. The summed E-state index contributed by atoms with van der Waals surface area (Å²) in [6.45, 7) is 2.58. The topological polar surface area (TPSA) is 84.0 Å². The standard InChI is InChI=1S/C24H30N4O3/c1-25-24(28-16-21-13-18-7-2-3-10-22(18)31-21)27-14-17-6-4-8-19(12-17)23(29)26-15-20-9-5-11-30-20/h2-4,6-8,10,12,20-21H,5,9,11,13-16H2,1H3,(H,26,29)(H2,25,27,28). The lowest BCUT2D eigenvalue weighted by molar-refractivity contribution is 0.0857. The highest BCUT2D eigenvalue weighted by Crippen LogP contribution is 2.27. The maximum absolute atomic E-state index is 12.5. The van der Waals surface area contributed by atoms with Gasteiger partial charge in [0.15, 0.2) is 5.96 Å². The molecule has 1 saturated heterocycles. The normalized spacial score (nSPS) is 20.1. The van der Waals surface area contributed by atoms with Crippen molar-refractivity contribution in [2.75, 3.05) is 26.7 Å². The Bertz CT molecular complexity index is 900. The zero-order valence-electron chi connectivity index (χ0n) is 17.9. The quantitative estimate of drug-likeness (QED) is 0.471. The van der Waals surface area contributed by atoms with Crippen LogP contribution in [0.2, 0.25) is 0 Å². The zero-order valence-corrected chi connectivity index (χ0v) is 17.9. The number of carbonyl (C=O) groups is 1. The molecular formula is C24H30N4O3. The predicted octanol–water partition coefficient (Wildman–Crippen LogP) is 2.26. The number of hydrogen-bond donors (Lipinski definition) is 3. The van der Waals surface area contributed by atoms with Crippen LogP contribution in [0.1, 0.15) is 34.3 Å². The van der Waals surface area contributed by atoms with E-state index in [0.29, 0.717) is 31.2 Å². The highest BCUT2D eigenvalue weighted by Gasteiger charge is 2.22. The van der Waals surface area contributed by atoms with Crippen LogP contribution in [-0.4, -0.2) is 50.8 Å². The van der Waals surface area contributed by atoms with Gasteiger partial charge in [0.1, 0.15) is 11.9 Å². The molecule has 0 saturated carbocycles. The summed E-state index contributed by atoms with van der Waals surface area (Å²) in [7, 11) is 1.74. The summed E-state index contributed by atoms with van der Waals surface area (Å²) in [4.78, 5) is 16.7.